The highest BCUT2D eigenvalue weighted by atomic mass is 19.1. The Labute approximate surface area is 207 Å². The van der Waals surface area contributed by atoms with Crippen LogP contribution in [-0.4, -0.2) is 48.4 Å². The minimum Gasteiger partial charge on any atom is -0.493 e. The van der Waals surface area contributed by atoms with Crippen LogP contribution in [0.5, 0.6) is 11.5 Å². The third-order valence-corrected chi connectivity index (χ3v) is 6.08. The van der Waals surface area contributed by atoms with Crippen molar-refractivity contribution in [1.29, 1.82) is 0 Å². The number of benzene rings is 2. The maximum absolute atomic E-state index is 13.2. The lowest BCUT2D eigenvalue weighted by atomic mass is 9.93. The first kappa shape index (κ1) is 24.9. The predicted octanol–water partition coefficient (Wildman–Crippen LogP) is 3.65. The number of methoxy groups -OCH3 is 1. The summed E-state index contributed by atoms with van der Waals surface area (Å²) in [4.78, 5) is 51.8. The number of nitrogens with one attached hydrogen (secondary N) is 2. The second-order valence-electron chi connectivity index (χ2n) is 8.51. The molecule has 2 aliphatic rings. The molecular weight excluding hydrogens is 469 g/mol. The molecule has 1 aliphatic carbocycles. The SMILES string of the molecule is COc1cccc(C=C2C(=O)NC(=O)N(C3CCCCC3)C2=O)c1OCC(=O)Nc1ccc(F)cc1. The summed E-state index contributed by atoms with van der Waals surface area (Å²) in [5, 5.41) is 4.84. The Morgan fingerprint density at radius 2 is 1.83 bits per heavy atom. The van der Waals surface area contributed by atoms with E-state index in [0.717, 1.165) is 24.2 Å². The molecule has 0 aromatic heterocycles. The minimum absolute atomic E-state index is 0.142. The van der Waals surface area contributed by atoms with Gasteiger partial charge in [-0.1, -0.05) is 31.4 Å². The zero-order valence-electron chi connectivity index (χ0n) is 19.7. The van der Waals surface area contributed by atoms with Gasteiger partial charge >= 0.3 is 6.03 Å². The molecule has 10 heteroatoms. The van der Waals surface area contributed by atoms with Crippen molar-refractivity contribution in [3.8, 4) is 11.5 Å². The monoisotopic (exact) mass is 495 g/mol. The molecular formula is C26H26FN3O6. The van der Waals surface area contributed by atoms with E-state index in [0.29, 0.717) is 24.1 Å². The number of carbonyl (C=O) groups excluding carboxylic acids is 4. The fourth-order valence-electron chi connectivity index (χ4n) is 4.33. The molecule has 0 radical (unpaired) electrons. The van der Waals surface area contributed by atoms with E-state index in [1.807, 2.05) is 0 Å². The number of anilines is 1. The quantitative estimate of drug-likeness (QED) is 0.448. The summed E-state index contributed by atoms with van der Waals surface area (Å²) in [5.41, 5.74) is 0.499. The van der Waals surface area contributed by atoms with Gasteiger partial charge in [-0.15, -0.1) is 0 Å². The van der Waals surface area contributed by atoms with Crippen LogP contribution in [0.2, 0.25) is 0 Å². The number of nitrogens with zero attached hydrogens (tertiary/aromatic N) is 1. The lowest BCUT2D eigenvalue weighted by Crippen LogP contribution is -2.58. The third kappa shape index (κ3) is 5.54. The number of amides is 5. The van der Waals surface area contributed by atoms with Crippen LogP contribution >= 0.6 is 0 Å². The van der Waals surface area contributed by atoms with Gasteiger partial charge in [0, 0.05) is 17.3 Å². The van der Waals surface area contributed by atoms with Crippen LogP contribution in [0.4, 0.5) is 14.9 Å². The molecule has 36 heavy (non-hydrogen) atoms. The number of imide groups is 2. The molecule has 1 heterocycles. The first-order valence-corrected chi connectivity index (χ1v) is 11.6. The van der Waals surface area contributed by atoms with Crippen LogP contribution in [0.3, 0.4) is 0 Å². The largest absolute Gasteiger partial charge is 0.493 e. The van der Waals surface area contributed by atoms with Gasteiger partial charge in [0.2, 0.25) is 0 Å². The molecule has 4 rings (SSSR count). The van der Waals surface area contributed by atoms with Crippen molar-refractivity contribution >= 4 is 35.5 Å². The summed E-state index contributed by atoms with van der Waals surface area (Å²) in [7, 11) is 1.42. The van der Waals surface area contributed by atoms with E-state index in [9.17, 15) is 23.6 Å². The topological polar surface area (TPSA) is 114 Å². The summed E-state index contributed by atoms with van der Waals surface area (Å²) >= 11 is 0. The molecule has 0 bridgehead atoms. The van der Waals surface area contributed by atoms with Crippen molar-refractivity contribution in [1.82, 2.24) is 10.2 Å². The molecule has 0 unspecified atom stereocenters. The Bertz CT molecular complexity index is 1200. The summed E-state index contributed by atoms with van der Waals surface area (Å²) in [5.74, 6) is -1.99. The number of hydrogen-bond donors (Lipinski definition) is 2. The van der Waals surface area contributed by atoms with Gasteiger partial charge in [0.25, 0.3) is 17.7 Å². The second-order valence-corrected chi connectivity index (χ2v) is 8.51. The first-order chi connectivity index (χ1) is 17.4. The Morgan fingerprint density at radius 3 is 2.53 bits per heavy atom. The highest BCUT2D eigenvalue weighted by Crippen LogP contribution is 2.34. The number of barbiturate groups is 1. The fraction of sp³-hybridized carbons (Fsp3) is 0.308. The van der Waals surface area contributed by atoms with Gasteiger partial charge in [0.15, 0.2) is 18.1 Å². The van der Waals surface area contributed by atoms with Gasteiger partial charge in [-0.3, -0.25) is 24.6 Å². The fourth-order valence-corrected chi connectivity index (χ4v) is 4.33. The van der Waals surface area contributed by atoms with E-state index >= 15 is 0 Å². The molecule has 9 nitrogen and oxygen atoms in total. The molecule has 2 aromatic rings. The molecule has 2 aromatic carbocycles. The zero-order chi connectivity index (χ0) is 25.7. The Morgan fingerprint density at radius 1 is 1.11 bits per heavy atom. The highest BCUT2D eigenvalue weighted by Gasteiger charge is 2.40. The van der Waals surface area contributed by atoms with Gasteiger partial charge in [-0.05, 0) is 49.2 Å². The lowest BCUT2D eigenvalue weighted by molar-refractivity contribution is -0.132. The summed E-state index contributed by atoms with van der Waals surface area (Å²) in [6.07, 6.45) is 5.57. The van der Waals surface area contributed by atoms with Crippen molar-refractivity contribution < 1.29 is 33.0 Å². The van der Waals surface area contributed by atoms with Crippen molar-refractivity contribution in [2.75, 3.05) is 19.0 Å². The Hall–Kier alpha value is -4.21. The summed E-state index contributed by atoms with van der Waals surface area (Å²) in [6, 6.07) is 9.14. The maximum atomic E-state index is 13.2. The number of rotatable bonds is 7. The predicted molar refractivity (Wildman–Crippen MR) is 129 cm³/mol. The van der Waals surface area contributed by atoms with Crippen LogP contribution in [0.15, 0.2) is 48.0 Å². The summed E-state index contributed by atoms with van der Waals surface area (Å²) < 4.78 is 24.2. The van der Waals surface area contributed by atoms with E-state index in [2.05, 4.69) is 10.6 Å². The molecule has 1 saturated heterocycles. The highest BCUT2D eigenvalue weighted by molar-refractivity contribution is 6.31. The maximum Gasteiger partial charge on any atom is 0.331 e. The molecule has 2 fully saturated rings. The summed E-state index contributed by atoms with van der Waals surface area (Å²) in [6.45, 7) is -0.416. The van der Waals surface area contributed by atoms with Gasteiger partial charge in [-0.25, -0.2) is 9.18 Å². The van der Waals surface area contributed by atoms with Gasteiger partial charge in [0.05, 0.1) is 7.11 Å². The first-order valence-electron chi connectivity index (χ1n) is 11.6. The number of halogens is 1. The molecule has 0 atom stereocenters. The van der Waals surface area contributed by atoms with E-state index in [1.54, 1.807) is 18.2 Å². The van der Waals surface area contributed by atoms with Crippen LogP contribution in [0, 0.1) is 5.82 Å². The molecule has 1 saturated carbocycles. The standard InChI is InChI=1S/C26H26FN3O6/c1-35-21-9-5-6-16(23(21)36-15-22(31)28-18-12-10-17(27)11-13-18)14-20-24(32)29-26(34)30(25(20)33)19-7-3-2-4-8-19/h5-6,9-14,19H,2-4,7-8,15H2,1H3,(H,28,31)(H,29,32,34). The Kier molecular flexibility index (Phi) is 7.62. The number of urea groups is 1. The minimum atomic E-state index is -0.806. The number of para-hydroxylation sites is 1. The smallest absolute Gasteiger partial charge is 0.331 e. The van der Waals surface area contributed by atoms with Crippen molar-refractivity contribution in [3.05, 3.63) is 59.4 Å². The van der Waals surface area contributed by atoms with E-state index < -0.39 is 36.2 Å². The lowest BCUT2D eigenvalue weighted by Gasteiger charge is -2.35. The van der Waals surface area contributed by atoms with Gasteiger partial charge in [-0.2, -0.15) is 0 Å². The van der Waals surface area contributed by atoms with Crippen molar-refractivity contribution in [2.45, 2.75) is 38.1 Å². The zero-order valence-corrected chi connectivity index (χ0v) is 19.7. The van der Waals surface area contributed by atoms with Crippen molar-refractivity contribution in [3.63, 3.8) is 0 Å². The van der Waals surface area contributed by atoms with E-state index in [1.165, 1.54) is 37.5 Å². The number of hydrogen-bond acceptors (Lipinski definition) is 6. The number of carbonyl (C=O) groups is 4. The molecule has 5 amide bonds. The van der Waals surface area contributed by atoms with E-state index in [4.69, 9.17) is 9.47 Å². The van der Waals surface area contributed by atoms with Crippen LogP contribution in [0.1, 0.15) is 37.7 Å². The van der Waals surface area contributed by atoms with Gasteiger partial charge in [0.1, 0.15) is 11.4 Å². The van der Waals surface area contributed by atoms with E-state index in [-0.39, 0.29) is 23.1 Å². The number of ether oxygens (including phenoxy) is 2. The molecule has 1 aliphatic heterocycles. The second kappa shape index (κ2) is 11.0. The molecule has 0 spiro atoms. The third-order valence-electron chi connectivity index (χ3n) is 6.08. The van der Waals surface area contributed by atoms with Crippen LogP contribution in [-0.2, 0) is 14.4 Å². The average molecular weight is 496 g/mol. The van der Waals surface area contributed by atoms with Crippen LogP contribution in [0.25, 0.3) is 6.08 Å². The molecule has 188 valence electrons. The molecule has 2 N–H and O–H groups in total. The van der Waals surface area contributed by atoms with Gasteiger partial charge < -0.3 is 14.8 Å². The Balaban J connectivity index is 1.57. The van der Waals surface area contributed by atoms with Crippen molar-refractivity contribution in [2.24, 2.45) is 0 Å². The average Bonchev–Trinajstić information content (AvgIpc) is 2.87. The van der Waals surface area contributed by atoms with Crippen LogP contribution < -0.4 is 20.1 Å². The normalized spacial score (nSPS) is 17.7.